The van der Waals surface area contributed by atoms with E-state index in [-0.39, 0.29) is 5.82 Å². The third-order valence-electron chi connectivity index (χ3n) is 5.09. The van der Waals surface area contributed by atoms with Crippen LogP contribution in [0.3, 0.4) is 0 Å². The van der Waals surface area contributed by atoms with Gasteiger partial charge in [0.1, 0.15) is 11.6 Å². The van der Waals surface area contributed by atoms with E-state index >= 15 is 0 Å². The Hall–Kier alpha value is -2.11. The molecule has 0 spiro atoms. The highest BCUT2D eigenvalue weighted by molar-refractivity contribution is 5.48. The van der Waals surface area contributed by atoms with Crippen LogP contribution in [0.25, 0.3) is 0 Å². The monoisotopic (exact) mass is 342 g/mol. The molecule has 1 N–H and O–H groups in total. The molecule has 0 aromatic heterocycles. The van der Waals surface area contributed by atoms with Crippen molar-refractivity contribution < 1.29 is 14.2 Å². The predicted molar refractivity (Wildman–Crippen MR) is 95.7 cm³/mol. The first kappa shape index (κ1) is 16.4. The van der Waals surface area contributed by atoms with Gasteiger partial charge in [-0.2, -0.15) is 0 Å². The lowest BCUT2D eigenvalue weighted by molar-refractivity contribution is 0.109. The molecule has 0 bridgehead atoms. The first-order valence-corrected chi connectivity index (χ1v) is 8.86. The molecule has 5 heteroatoms. The van der Waals surface area contributed by atoms with Crippen molar-refractivity contribution in [3.05, 3.63) is 59.4 Å². The van der Waals surface area contributed by atoms with Crippen LogP contribution < -0.4 is 9.64 Å². The largest absolute Gasteiger partial charge is 0.493 e. The fourth-order valence-electron chi connectivity index (χ4n) is 3.64. The number of fused-ring (bicyclic) bond motifs is 1. The highest BCUT2D eigenvalue weighted by atomic mass is 19.1. The summed E-state index contributed by atoms with van der Waals surface area (Å²) in [5.41, 5.74) is 2.79. The van der Waals surface area contributed by atoms with E-state index in [9.17, 15) is 9.50 Å². The average Bonchev–Trinajstić information content (AvgIpc) is 3.10. The number of nitrogens with zero attached hydrogens (tertiary/aromatic N) is 2. The number of rotatable bonds is 4. The Labute approximate surface area is 147 Å². The van der Waals surface area contributed by atoms with Crippen LogP contribution in [0.4, 0.5) is 10.1 Å². The van der Waals surface area contributed by atoms with Crippen molar-refractivity contribution in [1.29, 1.82) is 0 Å². The number of hydrogen-bond donors (Lipinski definition) is 1. The molecular weight excluding hydrogens is 319 g/mol. The lowest BCUT2D eigenvalue weighted by Gasteiger charge is -2.37. The highest BCUT2D eigenvalue weighted by Gasteiger charge is 2.22. The molecule has 1 atom stereocenters. The summed E-state index contributed by atoms with van der Waals surface area (Å²) in [7, 11) is 0. The molecule has 0 amide bonds. The van der Waals surface area contributed by atoms with E-state index in [1.807, 2.05) is 24.3 Å². The zero-order chi connectivity index (χ0) is 17.2. The van der Waals surface area contributed by atoms with E-state index in [0.29, 0.717) is 12.2 Å². The molecule has 2 heterocycles. The van der Waals surface area contributed by atoms with Crippen molar-refractivity contribution in [3.8, 4) is 5.75 Å². The van der Waals surface area contributed by atoms with Crippen LogP contribution in [0, 0.1) is 5.82 Å². The van der Waals surface area contributed by atoms with Crippen LogP contribution in [0.1, 0.15) is 17.2 Å². The van der Waals surface area contributed by atoms with Crippen LogP contribution in [0.5, 0.6) is 5.75 Å². The first-order valence-electron chi connectivity index (χ1n) is 8.86. The van der Waals surface area contributed by atoms with Crippen LogP contribution in [0.15, 0.2) is 42.5 Å². The molecule has 2 aromatic rings. The molecule has 1 saturated heterocycles. The summed E-state index contributed by atoms with van der Waals surface area (Å²) < 4.78 is 19.4. The number of β-amino-alcohol motifs (C(OH)–C–C–N with tert-alkyl or cyclic N) is 1. The molecule has 0 radical (unpaired) electrons. The minimum Gasteiger partial charge on any atom is -0.493 e. The van der Waals surface area contributed by atoms with Gasteiger partial charge >= 0.3 is 0 Å². The summed E-state index contributed by atoms with van der Waals surface area (Å²) in [6.07, 6.45) is 0.405. The molecule has 4 rings (SSSR count). The van der Waals surface area contributed by atoms with Gasteiger partial charge in [0.05, 0.1) is 18.4 Å². The first-order chi connectivity index (χ1) is 12.2. The van der Waals surface area contributed by atoms with Gasteiger partial charge in [-0.05, 0) is 35.4 Å². The third-order valence-corrected chi connectivity index (χ3v) is 5.09. The second kappa shape index (κ2) is 7.02. The minimum absolute atomic E-state index is 0.170. The van der Waals surface area contributed by atoms with E-state index in [4.69, 9.17) is 4.74 Å². The number of aliphatic hydroxyl groups is 1. The van der Waals surface area contributed by atoms with Gasteiger partial charge in [0.15, 0.2) is 0 Å². The second-order valence-corrected chi connectivity index (χ2v) is 6.72. The van der Waals surface area contributed by atoms with E-state index in [2.05, 4.69) is 15.9 Å². The summed E-state index contributed by atoms with van der Waals surface area (Å²) in [6.45, 7) is 4.51. The van der Waals surface area contributed by atoms with E-state index in [1.165, 1.54) is 11.6 Å². The molecule has 2 aromatic carbocycles. The molecule has 0 saturated carbocycles. The normalized spacial score (nSPS) is 18.7. The maximum atomic E-state index is 13.9. The molecule has 2 aliphatic heterocycles. The Kier molecular flexibility index (Phi) is 4.59. The van der Waals surface area contributed by atoms with Crippen molar-refractivity contribution in [2.45, 2.75) is 12.5 Å². The lowest BCUT2D eigenvalue weighted by atomic mass is 10.0. The van der Waals surface area contributed by atoms with Gasteiger partial charge in [0.2, 0.25) is 0 Å². The number of anilines is 1. The number of benzene rings is 2. The summed E-state index contributed by atoms with van der Waals surface area (Å²) >= 11 is 0. The predicted octanol–water partition coefficient (Wildman–Crippen LogP) is 2.62. The molecule has 4 nitrogen and oxygen atoms in total. The Morgan fingerprint density at radius 3 is 2.68 bits per heavy atom. The molecule has 1 fully saturated rings. The Bertz CT molecular complexity index is 744. The smallest absolute Gasteiger partial charge is 0.146 e. The van der Waals surface area contributed by atoms with Gasteiger partial charge in [0, 0.05) is 39.1 Å². The second-order valence-electron chi connectivity index (χ2n) is 6.72. The topological polar surface area (TPSA) is 35.9 Å². The van der Waals surface area contributed by atoms with Crippen molar-refractivity contribution >= 4 is 5.69 Å². The molecule has 132 valence electrons. The zero-order valence-electron chi connectivity index (χ0n) is 14.2. The van der Waals surface area contributed by atoms with Crippen LogP contribution in [-0.4, -0.2) is 49.3 Å². The van der Waals surface area contributed by atoms with Crippen molar-refractivity contribution in [2.75, 3.05) is 44.2 Å². The van der Waals surface area contributed by atoms with Crippen molar-refractivity contribution in [1.82, 2.24) is 4.90 Å². The number of para-hydroxylation sites is 1. The summed E-state index contributed by atoms with van der Waals surface area (Å²) in [4.78, 5) is 4.32. The van der Waals surface area contributed by atoms with Gasteiger partial charge < -0.3 is 14.7 Å². The molecule has 25 heavy (non-hydrogen) atoms. The van der Waals surface area contributed by atoms with Crippen LogP contribution >= 0.6 is 0 Å². The number of piperazine rings is 1. The number of aliphatic hydroxyl groups excluding tert-OH is 1. The summed E-state index contributed by atoms with van der Waals surface area (Å²) in [5, 5.41) is 10.6. The highest BCUT2D eigenvalue weighted by Crippen LogP contribution is 2.28. The molecular formula is C20H23FN2O2. The SMILES string of the molecule is O[C@H](CN1CCN(c2ccccc2F)CC1)c1ccc2c(c1)CCO2. The van der Waals surface area contributed by atoms with Crippen LogP contribution in [-0.2, 0) is 6.42 Å². The van der Waals surface area contributed by atoms with E-state index < -0.39 is 6.10 Å². The standard InChI is InChI=1S/C20H23FN2O2/c21-17-3-1-2-4-18(17)23-10-8-22(9-11-23)14-19(24)15-5-6-20-16(13-15)7-12-25-20/h1-6,13,19,24H,7-12,14H2/t19-/m1/s1. The third kappa shape index (κ3) is 3.48. The van der Waals surface area contributed by atoms with Crippen LogP contribution in [0.2, 0.25) is 0 Å². The number of hydrogen-bond acceptors (Lipinski definition) is 4. The Morgan fingerprint density at radius 1 is 1.08 bits per heavy atom. The quantitative estimate of drug-likeness (QED) is 0.927. The Balaban J connectivity index is 1.35. The van der Waals surface area contributed by atoms with E-state index in [1.54, 1.807) is 6.07 Å². The average molecular weight is 342 g/mol. The molecule has 0 unspecified atom stereocenters. The number of ether oxygens (including phenoxy) is 1. The van der Waals surface area contributed by atoms with Gasteiger partial charge in [-0.3, -0.25) is 4.90 Å². The van der Waals surface area contributed by atoms with Crippen molar-refractivity contribution in [2.24, 2.45) is 0 Å². The summed E-state index contributed by atoms with van der Waals surface area (Å²) in [6, 6.07) is 12.9. The summed E-state index contributed by atoms with van der Waals surface area (Å²) in [5.74, 6) is 0.769. The van der Waals surface area contributed by atoms with Gasteiger partial charge in [0.25, 0.3) is 0 Å². The van der Waals surface area contributed by atoms with Gasteiger partial charge in [-0.15, -0.1) is 0 Å². The maximum absolute atomic E-state index is 13.9. The maximum Gasteiger partial charge on any atom is 0.146 e. The van der Waals surface area contributed by atoms with Crippen molar-refractivity contribution in [3.63, 3.8) is 0 Å². The fourth-order valence-corrected chi connectivity index (χ4v) is 3.64. The minimum atomic E-state index is -0.508. The fraction of sp³-hybridized carbons (Fsp3) is 0.400. The molecule has 2 aliphatic rings. The molecule has 0 aliphatic carbocycles. The van der Waals surface area contributed by atoms with Gasteiger partial charge in [-0.1, -0.05) is 18.2 Å². The Morgan fingerprint density at radius 2 is 1.88 bits per heavy atom. The lowest BCUT2D eigenvalue weighted by Crippen LogP contribution is -2.47. The zero-order valence-corrected chi connectivity index (χ0v) is 14.2. The van der Waals surface area contributed by atoms with E-state index in [0.717, 1.165) is 50.5 Å². The van der Waals surface area contributed by atoms with Gasteiger partial charge in [-0.25, -0.2) is 4.39 Å². The number of halogens is 1.